The van der Waals surface area contributed by atoms with Gasteiger partial charge in [0.25, 0.3) is 0 Å². The first-order valence-corrected chi connectivity index (χ1v) is 5.86. The van der Waals surface area contributed by atoms with Crippen LogP contribution in [0.25, 0.3) is 0 Å². The summed E-state index contributed by atoms with van der Waals surface area (Å²) >= 11 is 0. The lowest BCUT2D eigenvalue weighted by Crippen LogP contribution is -2.10. The Hall–Kier alpha value is -1.26. The Morgan fingerprint density at radius 1 is 1.25 bits per heavy atom. The largest absolute Gasteiger partial charge is 0.393 e. The van der Waals surface area contributed by atoms with Crippen LogP contribution in [0.3, 0.4) is 0 Å². The summed E-state index contributed by atoms with van der Waals surface area (Å²) < 4.78 is 0. The van der Waals surface area contributed by atoms with Gasteiger partial charge < -0.3 is 5.11 Å². The number of rotatable bonds is 5. The molecule has 16 heavy (non-hydrogen) atoms. The molecule has 0 aliphatic rings. The number of hydrogen-bond donors (Lipinski definition) is 1. The summed E-state index contributed by atoms with van der Waals surface area (Å²) in [6.45, 7) is 3.99. The van der Waals surface area contributed by atoms with Crippen LogP contribution < -0.4 is 0 Å². The highest BCUT2D eigenvalue weighted by atomic mass is 16.3. The summed E-state index contributed by atoms with van der Waals surface area (Å²) in [5.41, 5.74) is 1.29. The van der Waals surface area contributed by atoms with Crippen molar-refractivity contribution in [3.63, 3.8) is 0 Å². The minimum absolute atomic E-state index is 0.240. The van der Waals surface area contributed by atoms with E-state index in [0.29, 0.717) is 5.92 Å². The monoisotopic (exact) mass is 216 g/mol. The molecule has 86 valence electrons. The Morgan fingerprint density at radius 2 is 1.94 bits per heavy atom. The van der Waals surface area contributed by atoms with E-state index >= 15 is 0 Å². The molecule has 2 unspecified atom stereocenters. The fourth-order valence-electron chi connectivity index (χ4n) is 1.81. The minimum atomic E-state index is -0.240. The molecule has 1 aromatic rings. The van der Waals surface area contributed by atoms with E-state index in [4.69, 9.17) is 0 Å². The van der Waals surface area contributed by atoms with Crippen molar-refractivity contribution in [2.75, 3.05) is 0 Å². The molecular weight excluding hydrogens is 196 g/mol. The lowest BCUT2D eigenvalue weighted by Gasteiger charge is -2.15. The van der Waals surface area contributed by atoms with Gasteiger partial charge in [-0.1, -0.05) is 37.3 Å². The molecule has 1 N–H and O–H groups in total. The van der Waals surface area contributed by atoms with Gasteiger partial charge in [0.15, 0.2) is 0 Å². The SMILES string of the molecule is CC#CCCC(O)CC(C)c1ccccc1. The van der Waals surface area contributed by atoms with Crippen LogP contribution in [-0.4, -0.2) is 11.2 Å². The fourth-order valence-corrected chi connectivity index (χ4v) is 1.81. The number of hydrogen-bond acceptors (Lipinski definition) is 1. The molecule has 2 atom stereocenters. The van der Waals surface area contributed by atoms with Crippen molar-refractivity contribution in [1.29, 1.82) is 0 Å². The van der Waals surface area contributed by atoms with Gasteiger partial charge in [0.05, 0.1) is 6.10 Å². The Labute approximate surface area is 98.5 Å². The molecule has 0 fully saturated rings. The number of benzene rings is 1. The van der Waals surface area contributed by atoms with Crippen molar-refractivity contribution in [3.05, 3.63) is 35.9 Å². The highest BCUT2D eigenvalue weighted by Gasteiger charge is 2.11. The molecule has 0 aliphatic carbocycles. The Kier molecular flexibility index (Phi) is 5.67. The standard InChI is InChI=1S/C15H20O/c1-3-4-6-11-15(16)12-13(2)14-9-7-5-8-10-14/h5,7-10,13,15-16H,6,11-12H2,1-2H3. The van der Waals surface area contributed by atoms with Gasteiger partial charge >= 0.3 is 0 Å². The molecule has 1 heteroatoms. The molecule has 0 spiro atoms. The van der Waals surface area contributed by atoms with Crippen LogP contribution in [0.5, 0.6) is 0 Å². The smallest absolute Gasteiger partial charge is 0.0555 e. The summed E-state index contributed by atoms with van der Waals surface area (Å²) in [7, 11) is 0. The first-order valence-electron chi connectivity index (χ1n) is 5.86. The summed E-state index contributed by atoms with van der Waals surface area (Å²) in [6.07, 6.45) is 2.14. The van der Waals surface area contributed by atoms with Gasteiger partial charge in [-0.25, -0.2) is 0 Å². The Balaban J connectivity index is 2.38. The molecule has 0 saturated heterocycles. The fraction of sp³-hybridized carbons (Fsp3) is 0.467. The van der Waals surface area contributed by atoms with Gasteiger partial charge in [0, 0.05) is 6.42 Å². The predicted octanol–water partition coefficient (Wildman–Crippen LogP) is 3.34. The van der Waals surface area contributed by atoms with E-state index in [9.17, 15) is 5.11 Å². The van der Waals surface area contributed by atoms with Gasteiger partial charge in [-0.05, 0) is 31.2 Å². The molecule has 0 bridgehead atoms. The molecular formula is C15H20O. The van der Waals surface area contributed by atoms with Crippen molar-refractivity contribution in [2.45, 2.75) is 45.1 Å². The molecule has 1 nitrogen and oxygen atoms in total. The van der Waals surface area contributed by atoms with Crippen LogP contribution in [0.1, 0.15) is 44.6 Å². The van der Waals surface area contributed by atoms with Gasteiger partial charge in [-0.15, -0.1) is 11.8 Å². The van der Waals surface area contributed by atoms with E-state index in [0.717, 1.165) is 19.3 Å². The summed E-state index contributed by atoms with van der Waals surface area (Å²) in [5, 5.41) is 9.84. The van der Waals surface area contributed by atoms with E-state index in [-0.39, 0.29) is 6.10 Å². The zero-order chi connectivity index (χ0) is 11.8. The third kappa shape index (κ3) is 4.51. The summed E-state index contributed by atoms with van der Waals surface area (Å²) in [5.74, 6) is 6.24. The lowest BCUT2D eigenvalue weighted by atomic mass is 9.93. The highest BCUT2D eigenvalue weighted by Crippen LogP contribution is 2.21. The lowest BCUT2D eigenvalue weighted by molar-refractivity contribution is 0.149. The van der Waals surface area contributed by atoms with Crippen LogP contribution in [0.2, 0.25) is 0 Å². The van der Waals surface area contributed by atoms with Crippen molar-refractivity contribution < 1.29 is 5.11 Å². The third-order valence-electron chi connectivity index (χ3n) is 2.77. The summed E-state index contributed by atoms with van der Waals surface area (Å²) in [6, 6.07) is 10.3. The maximum atomic E-state index is 9.84. The molecule has 0 radical (unpaired) electrons. The maximum Gasteiger partial charge on any atom is 0.0555 e. The predicted molar refractivity (Wildman–Crippen MR) is 68.2 cm³/mol. The number of aliphatic hydroxyl groups excluding tert-OH is 1. The van der Waals surface area contributed by atoms with Crippen LogP contribution in [-0.2, 0) is 0 Å². The van der Waals surface area contributed by atoms with Crippen LogP contribution in [0, 0.1) is 11.8 Å². The van der Waals surface area contributed by atoms with E-state index in [2.05, 4.69) is 30.9 Å². The summed E-state index contributed by atoms with van der Waals surface area (Å²) in [4.78, 5) is 0. The molecule has 0 aromatic heterocycles. The average Bonchev–Trinajstić information content (AvgIpc) is 2.30. The van der Waals surface area contributed by atoms with E-state index < -0.39 is 0 Å². The van der Waals surface area contributed by atoms with Crippen molar-refractivity contribution in [3.8, 4) is 11.8 Å². The zero-order valence-corrected chi connectivity index (χ0v) is 10.1. The first-order chi connectivity index (χ1) is 7.74. The van der Waals surface area contributed by atoms with Gasteiger partial charge in [-0.3, -0.25) is 0 Å². The van der Waals surface area contributed by atoms with E-state index in [1.165, 1.54) is 5.56 Å². The minimum Gasteiger partial charge on any atom is -0.393 e. The quantitative estimate of drug-likeness (QED) is 0.748. The molecule has 1 aromatic carbocycles. The molecule has 0 heterocycles. The number of aliphatic hydroxyl groups is 1. The normalized spacial score (nSPS) is 13.7. The van der Waals surface area contributed by atoms with Gasteiger partial charge in [0.1, 0.15) is 0 Å². The zero-order valence-electron chi connectivity index (χ0n) is 10.1. The van der Waals surface area contributed by atoms with Crippen LogP contribution >= 0.6 is 0 Å². The van der Waals surface area contributed by atoms with Gasteiger partial charge in [0.2, 0.25) is 0 Å². The Bertz CT molecular complexity index is 345. The second-order valence-corrected chi connectivity index (χ2v) is 4.17. The van der Waals surface area contributed by atoms with E-state index in [1.807, 2.05) is 25.1 Å². The molecule has 0 saturated carbocycles. The van der Waals surface area contributed by atoms with Crippen LogP contribution in [0.4, 0.5) is 0 Å². The van der Waals surface area contributed by atoms with E-state index in [1.54, 1.807) is 0 Å². The average molecular weight is 216 g/mol. The maximum absolute atomic E-state index is 9.84. The Morgan fingerprint density at radius 3 is 2.56 bits per heavy atom. The molecule has 0 aliphatic heterocycles. The van der Waals surface area contributed by atoms with Crippen molar-refractivity contribution in [1.82, 2.24) is 0 Å². The first kappa shape index (κ1) is 12.8. The second-order valence-electron chi connectivity index (χ2n) is 4.17. The molecule has 1 rings (SSSR count). The molecule has 0 amide bonds. The van der Waals surface area contributed by atoms with Crippen molar-refractivity contribution in [2.24, 2.45) is 0 Å². The third-order valence-corrected chi connectivity index (χ3v) is 2.77. The van der Waals surface area contributed by atoms with Crippen LogP contribution in [0.15, 0.2) is 30.3 Å². The van der Waals surface area contributed by atoms with Gasteiger partial charge in [-0.2, -0.15) is 0 Å². The van der Waals surface area contributed by atoms with Crippen molar-refractivity contribution >= 4 is 0 Å². The second kappa shape index (κ2) is 7.09. The highest BCUT2D eigenvalue weighted by molar-refractivity contribution is 5.18. The topological polar surface area (TPSA) is 20.2 Å².